The van der Waals surface area contributed by atoms with E-state index in [0.717, 1.165) is 10.5 Å². The summed E-state index contributed by atoms with van der Waals surface area (Å²) in [5.74, 6) is -0.772. The van der Waals surface area contributed by atoms with E-state index in [1.165, 1.54) is 12.3 Å². The Balaban J connectivity index is 2.66. The van der Waals surface area contributed by atoms with E-state index < -0.39 is 17.7 Å². The third kappa shape index (κ3) is 2.44. The number of hydrogen-bond acceptors (Lipinski definition) is 3. The lowest BCUT2D eigenvalue weighted by molar-refractivity contribution is -0.136. The van der Waals surface area contributed by atoms with Crippen molar-refractivity contribution in [1.82, 2.24) is 9.38 Å². The molecule has 2 heterocycles. The monoisotopic (exact) mass is 336 g/mol. The van der Waals surface area contributed by atoms with Gasteiger partial charge in [0, 0.05) is 6.20 Å². The van der Waals surface area contributed by atoms with Gasteiger partial charge in [-0.25, -0.2) is 9.78 Å². The lowest BCUT2D eigenvalue weighted by Crippen LogP contribution is -2.07. The van der Waals surface area contributed by atoms with Crippen LogP contribution in [0.1, 0.15) is 23.0 Å². The first kappa shape index (κ1) is 13.9. The number of imidazole rings is 1. The molecule has 0 fully saturated rings. The largest absolute Gasteiger partial charge is 0.461 e. The number of fused-ring (bicyclic) bond motifs is 1. The Hall–Kier alpha value is -1.57. The number of aromatic nitrogens is 2. The highest BCUT2D eigenvalue weighted by molar-refractivity contribution is 9.10. The molecule has 0 spiro atoms. The van der Waals surface area contributed by atoms with E-state index in [4.69, 9.17) is 4.74 Å². The number of rotatable bonds is 2. The van der Waals surface area contributed by atoms with Crippen molar-refractivity contribution in [3.63, 3.8) is 0 Å². The number of ether oxygens (including phenoxy) is 1. The van der Waals surface area contributed by atoms with Crippen molar-refractivity contribution in [3.8, 4) is 0 Å². The van der Waals surface area contributed by atoms with Crippen LogP contribution in [0, 0.1) is 0 Å². The number of halogens is 4. The average Bonchev–Trinajstić information content (AvgIpc) is 2.66. The number of pyridine rings is 1. The molecule has 0 unspecified atom stereocenters. The van der Waals surface area contributed by atoms with Crippen LogP contribution < -0.4 is 0 Å². The Labute approximate surface area is 114 Å². The van der Waals surface area contributed by atoms with Gasteiger partial charge in [0.25, 0.3) is 0 Å². The molecule has 0 N–H and O–H groups in total. The normalized spacial score (nSPS) is 11.8. The lowest BCUT2D eigenvalue weighted by atomic mass is 10.2. The van der Waals surface area contributed by atoms with E-state index in [0.29, 0.717) is 0 Å². The van der Waals surface area contributed by atoms with Crippen LogP contribution in [0.5, 0.6) is 0 Å². The van der Waals surface area contributed by atoms with Gasteiger partial charge < -0.3 is 4.74 Å². The van der Waals surface area contributed by atoms with E-state index in [1.54, 1.807) is 6.92 Å². The van der Waals surface area contributed by atoms with Crippen molar-refractivity contribution in [2.75, 3.05) is 6.61 Å². The number of carbonyl (C=O) groups is 1. The zero-order valence-corrected chi connectivity index (χ0v) is 11.2. The standard InChI is InChI=1S/C11H8BrF3N2O2/c1-2-19-10(18)7-8(12)17-5-3-4-6(9(17)16-7)11(13,14)15/h3-5H,2H2,1H3. The molecule has 0 aliphatic heterocycles. The molecule has 0 aromatic carbocycles. The number of hydrogen-bond donors (Lipinski definition) is 0. The summed E-state index contributed by atoms with van der Waals surface area (Å²) in [6.07, 6.45) is -3.16. The predicted octanol–water partition coefficient (Wildman–Crippen LogP) is 3.29. The molecule has 2 aromatic heterocycles. The summed E-state index contributed by atoms with van der Waals surface area (Å²) in [5, 5.41) is 0. The second-order valence-electron chi connectivity index (χ2n) is 3.58. The van der Waals surface area contributed by atoms with Crippen molar-refractivity contribution < 1.29 is 22.7 Å². The summed E-state index contributed by atoms with van der Waals surface area (Å²) in [6.45, 7) is 1.72. The van der Waals surface area contributed by atoms with Crippen molar-refractivity contribution in [2.45, 2.75) is 13.1 Å². The third-order valence-corrected chi connectivity index (χ3v) is 3.12. The van der Waals surface area contributed by atoms with Gasteiger partial charge in [-0.05, 0) is 35.0 Å². The molecule has 2 aromatic rings. The zero-order valence-electron chi connectivity index (χ0n) is 9.66. The molecule has 0 atom stereocenters. The quantitative estimate of drug-likeness (QED) is 0.790. The second kappa shape index (κ2) is 4.84. The summed E-state index contributed by atoms with van der Waals surface area (Å²) >= 11 is 3.06. The van der Waals surface area contributed by atoms with Gasteiger partial charge >= 0.3 is 12.1 Å². The predicted molar refractivity (Wildman–Crippen MR) is 63.9 cm³/mol. The molecule has 0 aliphatic rings. The summed E-state index contributed by atoms with van der Waals surface area (Å²) in [5.41, 5.74) is -1.44. The second-order valence-corrected chi connectivity index (χ2v) is 4.34. The fourth-order valence-electron chi connectivity index (χ4n) is 1.59. The van der Waals surface area contributed by atoms with Crippen LogP contribution in [0.3, 0.4) is 0 Å². The van der Waals surface area contributed by atoms with E-state index in [2.05, 4.69) is 20.9 Å². The minimum Gasteiger partial charge on any atom is -0.461 e. The molecule has 2 rings (SSSR count). The first-order chi connectivity index (χ1) is 8.86. The van der Waals surface area contributed by atoms with Gasteiger partial charge in [0.15, 0.2) is 11.3 Å². The van der Waals surface area contributed by atoms with Gasteiger partial charge in [0.1, 0.15) is 4.60 Å². The number of nitrogens with zero attached hydrogens (tertiary/aromatic N) is 2. The Morgan fingerprint density at radius 1 is 1.53 bits per heavy atom. The zero-order chi connectivity index (χ0) is 14.2. The van der Waals surface area contributed by atoms with Gasteiger partial charge in [-0.2, -0.15) is 13.2 Å². The average molecular weight is 337 g/mol. The smallest absolute Gasteiger partial charge is 0.419 e. The van der Waals surface area contributed by atoms with Crippen LogP contribution in [0.4, 0.5) is 13.2 Å². The molecular weight excluding hydrogens is 329 g/mol. The van der Waals surface area contributed by atoms with Crippen molar-refractivity contribution in [1.29, 1.82) is 0 Å². The summed E-state index contributed by atoms with van der Waals surface area (Å²) in [6, 6.07) is 2.14. The van der Waals surface area contributed by atoms with Gasteiger partial charge in [-0.3, -0.25) is 4.40 Å². The van der Waals surface area contributed by atoms with Crippen molar-refractivity contribution in [3.05, 3.63) is 34.2 Å². The molecule has 19 heavy (non-hydrogen) atoms. The van der Waals surface area contributed by atoms with Crippen LogP contribution in [0.25, 0.3) is 5.65 Å². The van der Waals surface area contributed by atoms with Gasteiger partial charge in [-0.1, -0.05) is 0 Å². The molecule has 4 nitrogen and oxygen atoms in total. The van der Waals surface area contributed by atoms with Crippen LogP contribution in [-0.2, 0) is 10.9 Å². The molecule has 102 valence electrons. The Bertz CT molecular complexity index is 637. The Morgan fingerprint density at radius 3 is 2.79 bits per heavy atom. The lowest BCUT2D eigenvalue weighted by Gasteiger charge is -2.07. The highest BCUT2D eigenvalue weighted by Crippen LogP contribution is 2.33. The van der Waals surface area contributed by atoms with Gasteiger partial charge in [-0.15, -0.1) is 0 Å². The Kier molecular flexibility index (Phi) is 3.53. The van der Waals surface area contributed by atoms with E-state index in [1.807, 2.05) is 0 Å². The molecular formula is C11H8BrF3N2O2. The highest BCUT2D eigenvalue weighted by Gasteiger charge is 2.35. The maximum absolute atomic E-state index is 12.8. The Morgan fingerprint density at radius 2 is 2.21 bits per heavy atom. The molecule has 0 saturated carbocycles. The molecule has 8 heteroatoms. The maximum atomic E-state index is 12.8. The number of esters is 1. The van der Waals surface area contributed by atoms with Gasteiger partial charge in [0.05, 0.1) is 12.2 Å². The highest BCUT2D eigenvalue weighted by atomic mass is 79.9. The van der Waals surface area contributed by atoms with Crippen LogP contribution in [0.15, 0.2) is 22.9 Å². The van der Waals surface area contributed by atoms with Crippen LogP contribution >= 0.6 is 15.9 Å². The summed E-state index contributed by atoms with van der Waals surface area (Å²) < 4.78 is 44.5. The van der Waals surface area contributed by atoms with E-state index in [9.17, 15) is 18.0 Å². The fourth-order valence-corrected chi connectivity index (χ4v) is 2.13. The molecule has 0 aliphatic carbocycles. The molecule has 0 bridgehead atoms. The maximum Gasteiger partial charge on any atom is 0.419 e. The minimum absolute atomic E-state index is 0.116. The first-order valence-electron chi connectivity index (χ1n) is 5.27. The SMILES string of the molecule is CCOC(=O)c1nc2c(C(F)(F)F)cccn2c1Br. The molecule has 0 radical (unpaired) electrons. The number of carbonyl (C=O) groups excluding carboxylic acids is 1. The van der Waals surface area contributed by atoms with Gasteiger partial charge in [0.2, 0.25) is 0 Å². The van der Waals surface area contributed by atoms with Crippen molar-refractivity contribution >= 4 is 27.5 Å². The van der Waals surface area contributed by atoms with E-state index in [-0.39, 0.29) is 22.6 Å². The summed E-state index contributed by atoms with van der Waals surface area (Å²) in [7, 11) is 0. The summed E-state index contributed by atoms with van der Waals surface area (Å²) in [4.78, 5) is 15.3. The molecule has 0 amide bonds. The fraction of sp³-hybridized carbons (Fsp3) is 0.273. The minimum atomic E-state index is -4.54. The first-order valence-corrected chi connectivity index (χ1v) is 6.06. The van der Waals surface area contributed by atoms with Crippen LogP contribution in [0.2, 0.25) is 0 Å². The van der Waals surface area contributed by atoms with E-state index >= 15 is 0 Å². The molecule has 0 saturated heterocycles. The number of alkyl halides is 3. The topological polar surface area (TPSA) is 43.6 Å². The van der Waals surface area contributed by atoms with Crippen molar-refractivity contribution in [2.24, 2.45) is 0 Å². The van der Waals surface area contributed by atoms with Crippen LogP contribution in [-0.4, -0.2) is 22.0 Å². The third-order valence-electron chi connectivity index (χ3n) is 2.37.